The van der Waals surface area contributed by atoms with Crippen molar-refractivity contribution < 1.29 is 23.8 Å². The third kappa shape index (κ3) is 4.11. The van der Waals surface area contributed by atoms with Gasteiger partial charge in [0.2, 0.25) is 0 Å². The van der Waals surface area contributed by atoms with Gasteiger partial charge in [0.1, 0.15) is 17.9 Å². The quantitative estimate of drug-likeness (QED) is 0.476. The summed E-state index contributed by atoms with van der Waals surface area (Å²) in [6.07, 6.45) is 1.45. The first kappa shape index (κ1) is 17.7. The Morgan fingerprint density at radius 3 is 2.31 bits per heavy atom. The Balaban J connectivity index is 1.81. The largest absolute Gasteiger partial charge is 0.489 e. The number of carbonyl (C=O) groups is 2. The fraction of sp³-hybridized carbons (Fsp3) is 0.238. The van der Waals surface area contributed by atoms with E-state index in [-0.39, 0.29) is 5.57 Å². The second-order valence-electron chi connectivity index (χ2n) is 6.54. The Kier molecular flexibility index (Phi) is 4.80. The molecule has 3 rings (SSSR count). The molecule has 5 heteroatoms. The van der Waals surface area contributed by atoms with Crippen molar-refractivity contribution in [3.63, 3.8) is 0 Å². The van der Waals surface area contributed by atoms with E-state index in [4.69, 9.17) is 14.2 Å². The topological polar surface area (TPSA) is 61.8 Å². The van der Waals surface area contributed by atoms with Crippen molar-refractivity contribution in [3.05, 3.63) is 70.8 Å². The van der Waals surface area contributed by atoms with Crippen LogP contribution in [0.25, 0.3) is 6.08 Å². The fourth-order valence-corrected chi connectivity index (χ4v) is 2.54. The van der Waals surface area contributed by atoms with E-state index >= 15 is 0 Å². The zero-order chi connectivity index (χ0) is 18.7. The maximum atomic E-state index is 12.1. The fourth-order valence-electron chi connectivity index (χ4n) is 2.54. The van der Waals surface area contributed by atoms with Crippen LogP contribution in [0.3, 0.4) is 0 Å². The van der Waals surface area contributed by atoms with Crippen LogP contribution in [0.2, 0.25) is 0 Å². The zero-order valence-corrected chi connectivity index (χ0v) is 14.9. The molecule has 1 heterocycles. The predicted molar refractivity (Wildman–Crippen MR) is 96.2 cm³/mol. The minimum Gasteiger partial charge on any atom is -0.489 e. The van der Waals surface area contributed by atoms with Gasteiger partial charge < -0.3 is 14.2 Å². The molecule has 26 heavy (non-hydrogen) atoms. The highest BCUT2D eigenvalue weighted by atomic mass is 16.7. The highest BCUT2D eigenvalue weighted by molar-refractivity contribution is 6.18. The molecule has 0 aliphatic carbocycles. The third-order valence-corrected chi connectivity index (χ3v) is 3.88. The number of esters is 2. The van der Waals surface area contributed by atoms with E-state index in [0.29, 0.717) is 17.9 Å². The van der Waals surface area contributed by atoms with Crippen LogP contribution in [0.15, 0.2) is 54.1 Å². The van der Waals surface area contributed by atoms with Gasteiger partial charge in [-0.05, 0) is 35.8 Å². The summed E-state index contributed by atoms with van der Waals surface area (Å²) in [4.78, 5) is 24.1. The van der Waals surface area contributed by atoms with Gasteiger partial charge in [0.15, 0.2) is 0 Å². The van der Waals surface area contributed by atoms with Gasteiger partial charge in [-0.15, -0.1) is 0 Å². The molecule has 0 radical (unpaired) electrons. The minimum atomic E-state index is -1.25. The van der Waals surface area contributed by atoms with Gasteiger partial charge in [0.25, 0.3) is 5.79 Å². The van der Waals surface area contributed by atoms with E-state index in [1.54, 1.807) is 12.1 Å². The average Bonchev–Trinajstić information content (AvgIpc) is 2.58. The Labute approximate surface area is 152 Å². The molecule has 1 aliphatic heterocycles. The Hall–Kier alpha value is -3.08. The van der Waals surface area contributed by atoms with Crippen molar-refractivity contribution in [2.45, 2.75) is 33.2 Å². The van der Waals surface area contributed by atoms with Gasteiger partial charge in [0.05, 0.1) is 0 Å². The van der Waals surface area contributed by atoms with Crippen molar-refractivity contribution in [1.82, 2.24) is 0 Å². The molecule has 5 nitrogen and oxygen atoms in total. The van der Waals surface area contributed by atoms with E-state index in [9.17, 15) is 9.59 Å². The van der Waals surface area contributed by atoms with Crippen LogP contribution in [0, 0.1) is 6.92 Å². The summed E-state index contributed by atoms with van der Waals surface area (Å²) in [5.74, 6) is -1.96. The molecule has 134 valence electrons. The van der Waals surface area contributed by atoms with E-state index in [0.717, 1.165) is 11.1 Å². The average molecular weight is 352 g/mol. The second-order valence-corrected chi connectivity index (χ2v) is 6.54. The number of carbonyl (C=O) groups excluding carboxylic acids is 2. The Bertz CT molecular complexity index is 843. The number of ether oxygens (including phenoxy) is 3. The van der Waals surface area contributed by atoms with Gasteiger partial charge >= 0.3 is 11.9 Å². The first-order chi connectivity index (χ1) is 12.3. The summed E-state index contributed by atoms with van der Waals surface area (Å²) < 4.78 is 16.1. The summed E-state index contributed by atoms with van der Waals surface area (Å²) in [5, 5.41) is 0. The van der Waals surface area contributed by atoms with Gasteiger partial charge in [-0.25, -0.2) is 9.59 Å². The number of rotatable bonds is 4. The van der Waals surface area contributed by atoms with Gasteiger partial charge in [-0.3, -0.25) is 0 Å². The predicted octanol–water partition coefficient (Wildman–Crippen LogP) is 3.79. The molecule has 1 fully saturated rings. The second kappa shape index (κ2) is 7.04. The van der Waals surface area contributed by atoms with E-state index in [1.165, 1.54) is 19.9 Å². The molecule has 0 bridgehead atoms. The first-order valence-corrected chi connectivity index (χ1v) is 8.30. The molecule has 1 saturated heterocycles. The summed E-state index contributed by atoms with van der Waals surface area (Å²) in [6.45, 7) is 5.39. The monoisotopic (exact) mass is 352 g/mol. The lowest BCUT2D eigenvalue weighted by atomic mass is 10.1. The summed E-state index contributed by atoms with van der Waals surface area (Å²) >= 11 is 0. The van der Waals surface area contributed by atoms with Crippen molar-refractivity contribution in [1.29, 1.82) is 0 Å². The summed E-state index contributed by atoms with van der Waals surface area (Å²) in [6, 6.07) is 15.3. The summed E-state index contributed by atoms with van der Waals surface area (Å²) in [7, 11) is 0. The van der Waals surface area contributed by atoms with Crippen molar-refractivity contribution in [3.8, 4) is 5.75 Å². The highest BCUT2D eigenvalue weighted by Gasteiger charge is 2.38. The van der Waals surface area contributed by atoms with Crippen LogP contribution in [0.5, 0.6) is 5.75 Å². The SMILES string of the molecule is Cc1ccc(C=C2C(=O)OC(C)(C)OC2=O)cc1OCc1ccccc1. The number of hydrogen-bond donors (Lipinski definition) is 0. The van der Waals surface area contributed by atoms with E-state index in [2.05, 4.69) is 0 Å². The Morgan fingerprint density at radius 1 is 1.00 bits per heavy atom. The maximum Gasteiger partial charge on any atom is 0.348 e. The van der Waals surface area contributed by atoms with Crippen LogP contribution in [-0.4, -0.2) is 17.7 Å². The van der Waals surface area contributed by atoms with Crippen molar-refractivity contribution in [2.75, 3.05) is 0 Å². The molecule has 2 aromatic carbocycles. The lowest BCUT2D eigenvalue weighted by Gasteiger charge is -2.29. The molecular formula is C21H20O5. The van der Waals surface area contributed by atoms with Crippen LogP contribution in [0.1, 0.15) is 30.5 Å². The number of benzene rings is 2. The first-order valence-electron chi connectivity index (χ1n) is 8.30. The standard InChI is InChI=1S/C21H20O5/c1-14-9-10-16(11-17-19(22)25-21(2,3)26-20(17)23)12-18(14)24-13-15-7-5-4-6-8-15/h4-12H,13H2,1-3H3. The lowest BCUT2D eigenvalue weighted by Crippen LogP contribution is -2.41. The molecule has 0 amide bonds. The van der Waals surface area contributed by atoms with Gasteiger partial charge in [-0.1, -0.05) is 42.5 Å². The zero-order valence-electron chi connectivity index (χ0n) is 14.9. The summed E-state index contributed by atoms with van der Waals surface area (Å²) in [5.41, 5.74) is 2.53. The van der Waals surface area contributed by atoms with Crippen LogP contribution in [-0.2, 0) is 25.7 Å². The molecule has 0 aromatic heterocycles. The van der Waals surface area contributed by atoms with Crippen LogP contribution >= 0.6 is 0 Å². The van der Waals surface area contributed by atoms with Crippen molar-refractivity contribution in [2.24, 2.45) is 0 Å². The number of aryl methyl sites for hydroxylation is 1. The molecule has 0 N–H and O–H groups in total. The molecule has 1 aliphatic rings. The van der Waals surface area contributed by atoms with Gasteiger partial charge in [0, 0.05) is 13.8 Å². The normalized spacial score (nSPS) is 15.9. The Morgan fingerprint density at radius 2 is 1.65 bits per heavy atom. The molecule has 0 spiro atoms. The van der Waals surface area contributed by atoms with E-state index in [1.807, 2.05) is 43.3 Å². The molecule has 0 unspecified atom stereocenters. The molecule has 2 aromatic rings. The molecule has 0 saturated carbocycles. The molecular weight excluding hydrogens is 332 g/mol. The van der Waals surface area contributed by atoms with Crippen LogP contribution in [0.4, 0.5) is 0 Å². The highest BCUT2D eigenvalue weighted by Crippen LogP contribution is 2.26. The third-order valence-electron chi connectivity index (χ3n) is 3.88. The van der Waals surface area contributed by atoms with Crippen molar-refractivity contribution >= 4 is 18.0 Å². The smallest absolute Gasteiger partial charge is 0.348 e. The number of hydrogen-bond acceptors (Lipinski definition) is 5. The van der Waals surface area contributed by atoms with Gasteiger partial charge in [-0.2, -0.15) is 0 Å². The van der Waals surface area contributed by atoms with E-state index < -0.39 is 17.7 Å². The molecule has 0 atom stereocenters. The van der Waals surface area contributed by atoms with Crippen LogP contribution < -0.4 is 4.74 Å². The number of cyclic esters (lactones) is 2. The lowest BCUT2D eigenvalue weighted by molar-refractivity contribution is -0.222. The minimum absolute atomic E-state index is 0.137. The maximum absolute atomic E-state index is 12.1.